The summed E-state index contributed by atoms with van der Waals surface area (Å²) in [6.07, 6.45) is 1.75. The van der Waals surface area contributed by atoms with Crippen LogP contribution in [-0.4, -0.2) is 30.3 Å². The molecule has 0 unspecified atom stereocenters. The molecule has 1 heterocycles. The molecule has 2 aromatic rings. The Balaban J connectivity index is 2.14. The number of rotatable bonds is 10. The number of anilines is 1. The van der Waals surface area contributed by atoms with Gasteiger partial charge in [-0.15, -0.1) is 0 Å². The van der Waals surface area contributed by atoms with E-state index in [1.54, 1.807) is 37.1 Å². The lowest BCUT2D eigenvalue weighted by Gasteiger charge is -2.23. The second-order valence-electron chi connectivity index (χ2n) is 5.57. The van der Waals surface area contributed by atoms with Gasteiger partial charge in [0.1, 0.15) is 5.82 Å². The molecule has 0 aliphatic carbocycles. The van der Waals surface area contributed by atoms with Gasteiger partial charge < -0.3 is 9.05 Å². The molecule has 0 fully saturated rings. The molecule has 0 saturated carbocycles. The minimum absolute atomic E-state index is 0.0473. The second kappa shape index (κ2) is 10.2. The van der Waals surface area contributed by atoms with E-state index in [4.69, 9.17) is 9.05 Å². The molecule has 7 heteroatoms. The summed E-state index contributed by atoms with van der Waals surface area (Å²) < 4.78 is 23.1. The van der Waals surface area contributed by atoms with Crippen LogP contribution in [0.2, 0.25) is 0 Å². The van der Waals surface area contributed by atoms with E-state index in [0.717, 1.165) is 5.56 Å². The lowest BCUT2D eigenvalue weighted by molar-refractivity contribution is -0.118. The highest BCUT2D eigenvalue weighted by Gasteiger charge is 2.27. The first-order valence-corrected chi connectivity index (χ1v) is 10.4. The van der Waals surface area contributed by atoms with Crippen molar-refractivity contribution >= 4 is 19.3 Å². The highest BCUT2D eigenvalue weighted by Crippen LogP contribution is 2.48. The van der Waals surface area contributed by atoms with Gasteiger partial charge in [-0.3, -0.25) is 14.3 Å². The van der Waals surface area contributed by atoms with Crippen molar-refractivity contribution in [2.45, 2.75) is 26.8 Å². The monoisotopic (exact) mass is 376 g/mol. The van der Waals surface area contributed by atoms with Gasteiger partial charge in [0.2, 0.25) is 5.91 Å². The predicted octanol–water partition coefficient (Wildman–Crippen LogP) is 4.27. The average molecular weight is 376 g/mol. The molecule has 26 heavy (non-hydrogen) atoms. The fourth-order valence-corrected chi connectivity index (χ4v) is 4.09. The standard InChI is InChI=1S/C19H25N2O4P/c1-3-24-26(23,25-4-2)15-13-19(22)21(18-12-8-9-14-20-18)16-17-10-6-5-7-11-17/h5-12,14H,3-4,13,15-16H2,1-2H3. The Hall–Kier alpha value is -2.01. The lowest BCUT2D eigenvalue weighted by Crippen LogP contribution is -2.31. The number of carbonyl (C=O) groups excluding carboxylic acids is 1. The maximum atomic E-state index is 12.9. The summed E-state index contributed by atoms with van der Waals surface area (Å²) in [5.74, 6) is 0.385. The molecule has 1 aromatic carbocycles. The van der Waals surface area contributed by atoms with Crippen molar-refractivity contribution in [2.24, 2.45) is 0 Å². The molecule has 1 aromatic heterocycles. The summed E-state index contributed by atoms with van der Waals surface area (Å²) in [6, 6.07) is 15.1. The van der Waals surface area contributed by atoms with Gasteiger partial charge in [0.15, 0.2) is 0 Å². The first-order chi connectivity index (χ1) is 12.6. The van der Waals surface area contributed by atoms with Crippen molar-refractivity contribution in [1.29, 1.82) is 0 Å². The van der Waals surface area contributed by atoms with Crippen LogP contribution in [0.1, 0.15) is 25.8 Å². The van der Waals surface area contributed by atoms with Crippen LogP contribution < -0.4 is 4.90 Å². The number of benzene rings is 1. The fraction of sp³-hybridized carbons (Fsp3) is 0.368. The molecule has 1 amide bonds. The molecule has 0 aliphatic rings. The van der Waals surface area contributed by atoms with Crippen LogP contribution >= 0.6 is 7.60 Å². The van der Waals surface area contributed by atoms with Crippen LogP contribution in [0.5, 0.6) is 0 Å². The zero-order chi connectivity index (χ0) is 18.8. The highest BCUT2D eigenvalue weighted by molar-refractivity contribution is 7.53. The van der Waals surface area contributed by atoms with Crippen molar-refractivity contribution in [3.05, 3.63) is 60.3 Å². The molecule has 0 aliphatic heterocycles. The van der Waals surface area contributed by atoms with Crippen LogP contribution in [0.25, 0.3) is 0 Å². The van der Waals surface area contributed by atoms with E-state index in [2.05, 4.69) is 4.98 Å². The van der Waals surface area contributed by atoms with Gasteiger partial charge in [0, 0.05) is 12.6 Å². The SMILES string of the molecule is CCOP(=O)(CCC(=O)N(Cc1ccccc1)c1ccccn1)OCC. The summed E-state index contributed by atoms with van der Waals surface area (Å²) in [5, 5.41) is 0. The van der Waals surface area contributed by atoms with Crippen LogP contribution in [0.15, 0.2) is 54.7 Å². The summed E-state index contributed by atoms with van der Waals surface area (Å²) in [5.41, 5.74) is 0.990. The van der Waals surface area contributed by atoms with E-state index < -0.39 is 7.60 Å². The Morgan fingerprint density at radius 2 is 1.69 bits per heavy atom. The number of pyridine rings is 1. The van der Waals surface area contributed by atoms with E-state index in [1.165, 1.54) is 0 Å². The molecule has 0 saturated heterocycles. The predicted molar refractivity (Wildman–Crippen MR) is 102 cm³/mol. The van der Waals surface area contributed by atoms with Crippen LogP contribution in [0.3, 0.4) is 0 Å². The van der Waals surface area contributed by atoms with Gasteiger partial charge in [-0.05, 0) is 31.5 Å². The number of nitrogens with zero attached hydrogens (tertiary/aromatic N) is 2. The molecule has 140 valence electrons. The molecular formula is C19H25N2O4P. The van der Waals surface area contributed by atoms with Gasteiger partial charge in [-0.25, -0.2) is 4.98 Å². The smallest absolute Gasteiger partial charge is 0.309 e. The average Bonchev–Trinajstić information content (AvgIpc) is 2.66. The quantitative estimate of drug-likeness (QED) is 0.579. The van der Waals surface area contributed by atoms with Crippen LogP contribution in [-0.2, 0) is 25.0 Å². The van der Waals surface area contributed by atoms with Crippen LogP contribution in [0, 0.1) is 0 Å². The molecule has 0 bridgehead atoms. The topological polar surface area (TPSA) is 68.7 Å². The van der Waals surface area contributed by atoms with E-state index in [1.807, 2.05) is 36.4 Å². The lowest BCUT2D eigenvalue weighted by atomic mass is 10.2. The third-order valence-corrected chi connectivity index (χ3v) is 5.74. The number of carbonyl (C=O) groups is 1. The number of hydrogen-bond donors (Lipinski definition) is 0. The molecular weight excluding hydrogens is 351 g/mol. The zero-order valence-electron chi connectivity index (χ0n) is 15.2. The number of hydrogen-bond acceptors (Lipinski definition) is 5. The van der Waals surface area contributed by atoms with E-state index in [-0.39, 0.29) is 31.7 Å². The summed E-state index contributed by atoms with van der Waals surface area (Å²) in [7, 11) is -3.25. The zero-order valence-corrected chi connectivity index (χ0v) is 16.1. The van der Waals surface area contributed by atoms with E-state index in [0.29, 0.717) is 12.4 Å². The van der Waals surface area contributed by atoms with E-state index in [9.17, 15) is 9.36 Å². The Labute approximate surface area is 154 Å². The molecule has 2 rings (SSSR count). The molecule has 0 atom stereocenters. The Kier molecular flexibility index (Phi) is 7.98. The summed E-state index contributed by atoms with van der Waals surface area (Å²) in [6.45, 7) is 4.45. The molecule has 0 radical (unpaired) electrons. The third-order valence-electron chi connectivity index (χ3n) is 3.66. The Morgan fingerprint density at radius 3 is 2.27 bits per heavy atom. The summed E-state index contributed by atoms with van der Waals surface area (Å²) in [4.78, 5) is 18.7. The van der Waals surface area contributed by atoms with Crippen molar-refractivity contribution in [3.8, 4) is 0 Å². The minimum Gasteiger partial charge on any atom is -0.309 e. The maximum Gasteiger partial charge on any atom is 0.331 e. The van der Waals surface area contributed by atoms with Gasteiger partial charge in [0.25, 0.3) is 0 Å². The van der Waals surface area contributed by atoms with E-state index >= 15 is 0 Å². The number of amides is 1. The van der Waals surface area contributed by atoms with Crippen molar-refractivity contribution in [2.75, 3.05) is 24.3 Å². The maximum absolute atomic E-state index is 12.9. The highest BCUT2D eigenvalue weighted by atomic mass is 31.2. The largest absolute Gasteiger partial charge is 0.331 e. The molecule has 0 N–H and O–H groups in total. The molecule has 0 spiro atoms. The van der Waals surface area contributed by atoms with Gasteiger partial charge in [0.05, 0.1) is 25.9 Å². The second-order valence-corrected chi connectivity index (χ2v) is 7.76. The van der Waals surface area contributed by atoms with Crippen molar-refractivity contribution < 1.29 is 18.4 Å². The molecule has 6 nitrogen and oxygen atoms in total. The van der Waals surface area contributed by atoms with Crippen LogP contribution in [0.4, 0.5) is 5.82 Å². The number of aromatic nitrogens is 1. The minimum atomic E-state index is -3.25. The third kappa shape index (κ3) is 6.06. The first-order valence-electron chi connectivity index (χ1n) is 8.71. The van der Waals surface area contributed by atoms with Crippen molar-refractivity contribution in [3.63, 3.8) is 0 Å². The Bertz CT molecular complexity index is 715. The van der Waals surface area contributed by atoms with Gasteiger partial charge >= 0.3 is 7.60 Å². The van der Waals surface area contributed by atoms with Crippen molar-refractivity contribution in [1.82, 2.24) is 4.98 Å². The summed E-state index contributed by atoms with van der Waals surface area (Å²) >= 11 is 0. The fourth-order valence-electron chi connectivity index (χ4n) is 2.50. The first kappa shape index (κ1) is 20.3. The van der Waals surface area contributed by atoms with Gasteiger partial charge in [-0.1, -0.05) is 36.4 Å². The normalized spacial score (nSPS) is 11.3. The van der Waals surface area contributed by atoms with Gasteiger partial charge in [-0.2, -0.15) is 0 Å². The Morgan fingerprint density at radius 1 is 1.04 bits per heavy atom.